The van der Waals surface area contributed by atoms with Crippen LogP contribution in [0, 0.1) is 0 Å². The van der Waals surface area contributed by atoms with Crippen molar-refractivity contribution in [3.05, 3.63) is 12.7 Å². The number of imidazole rings is 1. The fraction of sp³-hybridized carbons (Fsp3) is 0.550. The van der Waals surface area contributed by atoms with Gasteiger partial charge >= 0.3 is 11.9 Å². The van der Waals surface area contributed by atoms with Crippen molar-refractivity contribution in [3.8, 4) is 0 Å². The fourth-order valence-corrected chi connectivity index (χ4v) is 3.70. The van der Waals surface area contributed by atoms with E-state index in [1.54, 1.807) is 0 Å². The van der Waals surface area contributed by atoms with Gasteiger partial charge in [0, 0.05) is 13.0 Å². The van der Waals surface area contributed by atoms with E-state index in [0.29, 0.717) is 19.3 Å². The molecule has 0 bridgehead atoms. The smallest absolute Gasteiger partial charge is 0.326 e. The van der Waals surface area contributed by atoms with Crippen LogP contribution in [0.25, 0.3) is 11.2 Å². The number of aromatic nitrogens is 4. The number of carboxylic acids is 2. The van der Waals surface area contributed by atoms with Crippen molar-refractivity contribution in [1.82, 2.24) is 30.2 Å². The number of anilines is 1. The summed E-state index contributed by atoms with van der Waals surface area (Å²) in [7, 11) is 0. The number of aliphatic hydroxyl groups is 2. The minimum absolute atomic E-state index is 0.0113. The number of unbranched alkanes of at least 4 members (excludes halogenated alkanes) is 2. The summed E-state index contributed by atoms with van der Waals surface area (Å²) in [6.45, 7) is 0.197. The molecule has 16 nitrogen and oxygen atoms in total. The molecular weight excluding hydrogens is 482 g/mol. The van der Waals surface area contributed by atoms with Crippen LogP contribution in [0.5, 0.6) is 0 Å². The van der Waals surface area contributed by atoms with Gasteiger partial charge in [-0.25, -0.2) is 19.7 Å². The summed E-state index contributed by atoms with van der Waals surface area (Å²) in [4.78, 5) is 57.9. The first kappa shape index (κ1) is 26.7. The van der Waals surface area contributed by atoms with Gasteiger partial charge in [0.2, 0.25) is 5.91 Å². The van der Waals surface area contributed by atoms with Crippen molar-refractivity contribution >= 4 is 40.7 Å². The van der Waals surface area contributed by atoms with Crippen molar-refractivity contribution in [2.75, 3.05) is 12.3 Å². The third-order valence-electron chi connectivity index (χ3n) is 5.55. The largest absolute Gasteiger partial charge is 0.481 e. The molecule has 1 fully saturated rings. The lowest BCUT2D eigenvalue weighted by Crippen LogP contribution is -2.43. The number of nitrogens with zero attached hydrogens (tertiary/aromatic N) is 4. The van der Waals surface area contributed by atoms with E-state index in [0.717, 1.165) is 0 Å². The Bertz CT molecular complexity index is 1120. The summed E-state index contributed by atoms with van der Waals surface area (Å²) < 4.78 is 6.95. The van der Waals surface area contributed by atoms with Crippen molar-refractivity contribution in [3.63, 3.8) is 0 Å². The van der Waals surface area contributed by atoms with Crippen LogP contribution in [0.2, 0.25) is 0 Å². The number of hydrogen-bond acceptors (Lipinski definition) is 11. The minimum Gasteiger partial charge on any atom is -0.481 e. The van der Waals surface area contributed by atoms with Crippen LogP contribution in [0.4, 0.5) is 5.82 Å². The zero-order chi connectivity index (χ0) is 26.4. The highest BCUT2D eigenvalue weighted by atomic mass is 16.6. The van der Waals surface area contributed by atoms with Gasteiger partial charge < -0.3 is 41.5 Å². The highest BCUT2D eigenvalue weighted by Crippen LogP contribution is 2.32. The standard InChI is InChI=1S/C20H27N7O9/c21-16-12-17(24-7-23-16)27(8-25-12)19-14(32)13(31)15(36-19)18(33)22-5-3-1-2-4-10(28)26-9(20(34)35)6-11(29)30/h7-9,13-15,19,31-32H,1-6H2,(H,22,33)(H,26,28)(H,29,30)(H,34,35)(H2,21,23,24)/t9-,13+,14-,15+,19-/m1/s1. The predicted octanol–water partition coefficient (Wildman–Crippen LogP) is -2.25. The second-order valence-corrected chi connectivity index (χ2v) is 8.17. The van der Waals surface area contributed by atoms with Gasteiger partial charge in [-0.2, -0.15) is 0 Å². The molecule has 0 radical (unpaired) electrons. The zero-order valence-corrected chi connectivity index (χ0v) is 19.0. The van der Waals surface area contributed by atoms with Gasteiger partial charge in [0.1, 0.15) is 30.1 Å². The number of nitrogens with two attached hydrogens (primary N) is 1. The number of hydrogen-bond donors (Lipinski definition) is 7. The number of fused-ring (bicyclic) bond motifs is 1. The van der Waals surface area contributed by atoms with Gasteiger partial charge in [0.05, 0.1) is 12.7 Å². The number of ether oxygens (including phenoxy) is 1. The Balaban J connectivity index is 1.42. The molecule has 2 amide bonds. The van der Waals surface area contributed by atoms with Gasteiger partial charge in [-0.15, -0.1) is 0 Å². The van der Waals surface area contributed by atoms with Crippen LogP contribution >= 0.6 is 0 Å². The molecule has 0 unspecified atom stereocenters. The Hall–Kier alpha value is -3.89. The first-order chi connectivity index (χ1) is 17.1. The van der Waals surface area contributed by atoms with E-state index in [4.69, 9.17) is 20.7 Å². The molecule has 3 heterocycles. The van der Waals surface area contributed by atoms with Crippen LogP contribution in [0.1, 0.15) is 38.3 Å². The van der Waals surface area contributed by atoms with E-state index < -0.39 is 60.8 Å². The predicted molar refractivity (Wildman–Crippen MR) is 119 cm³/mol. The van der Waals surface area contributed by atoms with E-state index in [2.05, 4.69) is 25.6 Å². The van der Waals surface area contributed by atoms with E-state index in [1.807, 2.05) is 0 Å². The molecule has 36 heavy (non-hydrogen) atoms. The molecule has 5 atom stereocenters. The third kappa shape index (κ3) is 6.21. The third-order valence-corrected chi connectivity index (χ3v) is 5.55. The summed E-state index contributed by atoms with van der Waals surface area (Å²) in [5, 5.41) is 43.1. The molecule has 2 aromatic heterocycles. The maximum Gasteiger partial charge on any atom is 0.326 e. The molecule has 196 valence electrons. The second kappa shape index (κ2) is 11.7. The molecule has 1 saturated heterocycles. The highest BCUT2D eigenvalue weighted by molar-refractivity contribution is 5.86. The molecule has 2 aromatic rings. The maximum absolute atomic E-state index is 12.5. The van der Waals surface area contributed by atoms with Gasteiger partial charge in [-0.3, -0.25) is 19.0 Å². The van der Waals surface area contributed by atoms with Gasteiger partial charge in [-0.05, 0) is 12.8 Å². The normalized spacial score (nSPS) is 22.3. The Labute approximate surface area is 203 Å². The number of aliphatic hydroxyl groups excluding tert-OH is 2. The maximum atomic E-state index is 12.5. The number of aliphatic carboxylic acids is 2. The number of carboxylic acid groups (broad SMARTS) is 2. The number of nitrogens with one attached hydrogen (secondary N) is 2. The number of amides is 2. The number of nitrogen functional groups attached to an aromatic ring is 1. The summed E-state index contributed by atoms with van der Waals surface area (Å²) in [5.74, 6) is -3.88. The fourth-order valence-electron chi connectivity index (χ4n) is 3.70. The van der Waals surface area contributed by atoms with E-state index in [-0.39, 0.29) is 29.9 Å². The Morgan fingerprint density at radius 2 is 1.83 bits per heavy atom. The molecule has 0 saturated carbocycles. The number of carbonyl (C=O) groups excluding carboxylic acids is 2. The first-order valence-electron chi connectivity index (χ1n) is 11.1. The monoisotopic (exact) mass is 509 g/mol. The van der Waals surface area contributed by atoms with Crippen LogP contribution < -0.4 is 16.4 Å². The molecular formula is C20H27N7O9. The van der Waals surface area contributed by atoms with E-state index >= 15 is 0 Å². The van der Waals surface area contributed by atoms with Crippen LogP contribution in [-0.4, -0.2) is 94.6 Å². The van der Waals surface area contributed by atoms with E-state index in [1.165, 1.54) is 17.2 Å². The molecule has 3 rings (SSSR count). The van der Waals surface area contributed by atoms with Crippen molar-refractivity contribution in [2.24, 2.45) is 0 Å². The Morgan fingerprint density at radius 1 is 1.08 bits per heavy atom. The second-order valence-electron chi connectivity index (χ2n) is 8.17. The van der Waals surface area contributed by atoms with E-state index in [9.17, 15) is 29.4 Å². The average Bonchev–Trinajstić information content (AvgIpc) is 3.37. The lowest BCUT2D eigenvalue weighted by molar-refractivity contribution is -0.147. The lowest BCUT2D eigenvalue weighted by atomic mass is 10.1. The molecule has 0 aliphatic carbocycles. The molecule has 1 aliphatic rings. The number of rotatable bonds is 12. The molecule has 16 heteroatoms. The average molecular weight is 509 g/mol. The van der Waals surface area contributed by atoms with Gasteiger partial charge in [0.25, 0.3) is 5.91 Å². The summed E-state index contributed by atoms with van der Waals surface area (Å²) in [6.07, 6.45) is -2.30. The number of carbonyl (C=O) groups is 4. The van der Waals surface area contributed by atoms with Gasteiger partial charge in [-0.1, -0.05) is 6.42 Å². The minimum atomic E-state index is -1.51. The van der Waals surface area contributed by atoms with Crippen molar-refractivity contribution < 1.29 is 44.3 Å². The van der Waals surface area contributed by atoms with Crippen LogP contribution in [0.15, 0.2) is 12.7 Å². The first-order valence-corrected chi connectivity index (χ1v) is 11.1. The summed E-state index contributed by atoms with van der Waals surface area (Å²) in [5.41, 5.74) is 6.30. The molecule has 0 aromatic carbocycles. The lowest BCUT2D eigenvalue weighted by Gasteiger charge is -2.16. The zero-order valence-electron chi connectivity index (χ0n) is 19.0. The molecule has 8 N–H and O–H groups in total. The van der Waals surface area contributed by atoms with Crippen molar-refractivity contribution in [2.45, 2.75) is 62.7 Å². The summed E-state index contributed by atoms with van der Waals surface area (Å²) in [6, 6.07) is -1.50. The Morgan fingerprint density at radius 3 is 2.53 bits per heavy atom. The quantitative estimate of drug-likeness (QED) is 0.149. The molecule has 0 spiro atoms. The van der Waals surface area contributed by atoms with Crippen molar-refractivity contribution in [1.29, 1.82) is 0 Å². The highest BCUT2D eigenvalue weighted by Gasteiger charge is 2.47. The molecule has 1 aliphatic heterocycles. The Kier molecular flexibility index (Phi) is 8.68. The topological polar surface area (TPSA) is 252 Å². The van der Waals surface area contributed by atoms with Gasteiger partial charge in [0.15, 0.2) is 23.8 Å². The SMILES string of the molecule is Nc1ncnc2c1ncn2[C@@H]1O[C@H](C(=O)NCCCCCC(=O)N[C@H](CC(=O)O)C(=O)O)[C@@H](O)[C@H]1O. The van der Waals surface area contributed by atoms with Crippen LogP contribution in [0.3, 0.4) is 0 Å². The summed E-state index contributed by atoms with van der Waals surface area (Å²) >= 11 is 0. The van der Waals surface area contributed by atoms with Crippen LogP contribution in [-0.2, 0) is 23.9 Å².